The van der Waals surface area contributed by atoms with E-state index in [4.69, 9.17) is 9.47 Å². The lowest BCUT2D eigenvalue weighted by atomic mass is 10.0. The average molecular weight is 378 g/mol. The summed E-state index contributed by atoms with van der Waals surface area (Å²) in [6.45, 7) is 3.75. The van der Waals surface area contributed by atoms with Gasteiger partial charge in [0.2, 0.25) is 0 Å². The lowest BCUT2D eigenvalue weighted by Gasteiger charge is -2.31. The molecule has 2 aliphatic rings. The maximum Gasteiger partial charge on any atom is 0.187 e. The number of aromatic nitrogens is 2. The number of hydrogen-bond acceptors (Lipinski definition) is 6. The number of benzene rings is 2. The molecule has 2 atom stereocenters. The second kappa shape index (κ2) is 7.26. The molecule has 0 aliphatic carbocycles. The molecule has 0 radical (unpaired) electrons. The normalized spacial score (nSPS) is 22.7. The number of carbonyl (C=O) groups excluding carboxylic acids is 1. The summed E-state index contributed by atoms with van der Waals surface area (Å²) < 4.78 is 11.3. The molecule has 5 rings (SSSR count). The first-order valence-corrected chi connectivity index (χ1v) is 9.54. The molecule has 2 saturated heterocycles. The Hall–Kier alpha value is -2.90. The molecule has 0 amide bonds. The van der Waals surface area contributed by atoms with Crippen LogP contribution in [-0.4, -0.2) is 55.4 Å². The molecule has 3 heterocycles. The predicted octanol–water partition coefficient (Wildman–Crippen LogP) is 2.50. The number of aromatic amines is 1. The fraction of sp³-hybridized carbons (Fsp3) is 0.333. The van der Waals surface area contributed by atoms with E-state index in [1.165, 1.54) is 5.69 Å². The van der Waals surface area contributed by atoms with Crippen LogP contribution in [0.2, 0.25) is 0 Å². The third kappa shape index (κ3) is 3.02. The van der Waals surface area contributed by atoms with Gasteiger partial charge in [-0.15, -0.1) is 0 Å². The number of hydrogen-bond donors (Lipinski definition) is 1. The van der Waals surface area contributed by atoms with Crippen LogP contribution < -0.4 is 9.80 Å². The lowest BCUT2D eigenvalue weighted by molar-refractivity contribution is -0.115. The largest absolute Gasteiger partial charge is 0.378 e. The average Bonchev–Trinajstić information content (AvgIpc) is 3.40. The van der Waals surface area contributed by atoms with E-state index >= 15 is 0 Å². The number of ether oxygens (including phenoxy) is 2. The number of nitrogens with one attached hydrogen (secondary N) is 1. The van der Waals surface area contributed by atoms with Crippen molar-refractivity contribution in [2.24, 2.45) is 0 Å². The van der Waals surface area contributed by atoms with Gasteiger partial charge in [-0.1, -0.05) is 12.1 Å². The number of nitrogens with zero attached hydrogens (tertiary/aromatic N) is 3. The van der Waals surface area contributed by atoms with Gasteiger partial charge >= 0.3 is 0 Å². The summed E-state index contributed by atoms with van der Waals surface area (Å²) in [4.78, 5) is 23.5. The molecule has 7 nitrogen and oxygen atoms in total. The third-order valence-corrected chi connectivity index (χ3v) is 5.49. The molecule has 0 saturated carbocycles. The van der Waals surface area contributed by atoms with E-state index in [1.807, 2.05) is 23.1 Å². The molecule has 2 fully saturated rings. The van der Waals surface area contributed by atoms with Crippen LogP contribution in [0.1, 0.15) is 11.6 Å². The maximum atomic E-state index is 11.7. The molecular formula is C21H22N4O3. The van der Waals surface area contributed by atoms with Crippen molar-refractivity contribution in [2.45, 2.75) is 12.3 Å². The fourth-order valence-electron chi connectivity index (χ4n) is 4.05. The summed E-state index contributed by atoms with van der Waals surface area (Å²) in [5, 5.41) is 0. The molecular weight excluding hydrogens is 356 g/mol. The number of rotatable bonds is 4. The number of aldehydes is 1. The number of H-pyrrole nitrogens is 1. The molecule has 28 heavy (non-hydrogen) atoms. The monoisotopic (exact) mass is 378 g/mol. The van der Waals surface area contributed by atoms with Gasteiger partial charge in [0, 0.05) is 24.5 Å². The Bertz CT molecular complexity index is 982. The van der Waals surface area contributed by atoms with Crippen LogP contribution in [0.15, 0.2) is 48.8 Å². The van der Waals surface area contributed by atoms with Crippen molar-refractivity contribution in [2.75, 3.05) is 42.7 Å². The zero-order chi connectivity index (χ0) is 18.9. The van der Waals surface area contributed by atoms with Gasteiger partial charge in [-0.05, 0) is 35.9 Å². The van der Waals surface area contributed by atoms with E-state index < -0.39 is 6.23 Å². The van der Waals surface area contributed by atoms with E-state index in [0.717, 1.165) is 54.9 Å². The van der Waals surface area contributed by atoms with Gasteiger partial charge in [0.05, 0.1) is 43.2 Å². The Morgan fingerprint density at radius 1 is 1.11 bits per heavy atom. The molecule has 1 N–H and O–H groups in total. The summed E-state index contributed by atoms with van der Waals surface area (Å²) in [6.07, 6.45) is 1.93. The summed E-state index contributed by atoms with van der Waals surface area (Å²) in [6, 6.07) is 14.5. The van der Waals surface area contributed by atoms with Crippen LogP contribution >= 0.6 is 0 Å². The van der Waals surface area contributed by atoms with Gasteiger partial charge < -0.3 is 24.3 Å². The molecule has 2 aromatic carbocycles. The fourth-order valence-corrected chi connectivity index (χ4v) is 4.05. The van der Waals surface area contributed by atoms with Crippen molar-refractivity contribution in [3.05, 3.63) is 54.4 Å². The van der Waals surface area contributed by atoms with Gasteiger partial charge in [-0.2, -0.15) is 0 Å². The zero-order valence-corrected chi connectivity index (χ0v) is 15.5. The number of morpholine rings is 1. The van der Waals surface area contributed by atoms with Crippen molar-refractivity contribution >= 4 is 28.7 Å². The first-order chi connectivity index (χ1) is 13.8. The third-order valence-electron chi connectivity index (χ3n) is 5.49. The lowest BCUT2D eigenvalue weighted by Crippen LogP contribution is -2.36. The molecule has 2 aliphatic heterocycles. The molecule has 1 unspecified atom stereocenters. The van der Waals surface area contributed by atoms with E-state index in [1.54, 1.807) is 6.33 Å². The van der Waals surface area contributed by atoms with Gasteiger partial charge in [0.15, 0.2) is 12.5 Å². The SMILES string of the molecule is O=CC1OC[C@H](c2cccc(N3CCOCC3)c2)N1c1ccc2[nH]cnc2c1. The van der Waals surface area contributed by atoms with Crippen molar-refractivity contribution in [1.29, 1.82) is 0 Å². The highest BCUT2D eigenvalue weighted by Gasteiger charge is 2.35. The van der Waals surface area contributed by atoms with E-state index in [0.29, 0.717) is 6.61 Å². The summed E-state index contributed by atoms with van der Waals surface area (Å²) >= 11 is 0. The van der Waals surface area contributed by atoms with Gasteiger partial charge in [0.25, 0.3) is 0 Å². The Morgan fingerprint density at radius 2 is 2.00 bits per heavy atom. The second-order valence-corrected chi connectivity index (χ2v) is 7.08. The molecule has 0 bridgehead atoms. The molecule has 1 aromatic heterocycles. The van der Waals surface area contributed by atoms with Crippen molar-refractivity contribution in [1.82, 2.24) is 9.97 Å². The van der Waals surface area contributed by atoms with E-state index in [9.17, 15) is 4.79 Å². The number of anilines is 2. The minimum absolute atomic E-state index is 0.0346. The first-order valence-electron chi connectivity index (χ1n) is 9.54. The smallest absolute Gasteiger partial charge is 0.187 e. The second-order valence-electron chi connectivity index (χ2n) is 7.08. The zero-order valence-electron chi connectivity index (χ0n) is 15.5. The van der Waals surface area contributed by atoms with E-state index in [2.05, 4.69) is 39.1 Å². The molecule has 144 valence electrons. The van der Waals surface area contributed by atoms with Crippen LogP contribution in [0.25, 0.3) is 11.0 Å². The molecule has 3 aromatic rings. The van der Waals surface area contributed by atoms with Gasteiger partial charge in [-0.3, -0.25) is 4.79 Å². The predicted molar refractivity (Wildman–Crippen MR) is 107 cm³/mol. The van der Waals surface area contributed by atoms with Crippen LogP contribution in [-0.2, 0) is 14.3 Å². The number of fused-ring (bicyclic) bond motifs is 1. The number of imidazole rings is 1. The summed E-state index contributed by atoms with van der Waals surface area (Å²) in [5.74, 6) is 0. The number of carbonyl (C=O) groups is 1. The van der Waals surface area contributed by atoms with Crippen molar-refractivity contribution in [3.63, 3.8) is 0 Å². The van der Waals surface area contributed by atoms with Crippen LogP contribution in [0.5, 0.6) is 0 Å². The Labute approximate surface area is 162 Å². The van der Waals surface area contributed by atoms with Gasteiger partial charge in [0.1, 0.15) is 0 Å². The highest BCUT2D eigenvalue weighted by Crippen LogP contribution is 2.36. The first kappa shape index (κ1) is 17.2. The van der Waals surface area contributed by atoms with Crippen LogP contribution in [0.3, 0.4) is 0 Å². The minimum atomic E-state index is -0.603. The minimum Gasteiger partial charge on any atom is -0.378 e. The molecule has 0 spiro atoms. The maximum absolute atomic E-state index is 11.7. The topological polar surface area (TPSA) is 70.7 Å². The Morgan fingerprint density at radius 3 is 2.86 bits per heavy atom. The summed E-state index contributed by atoms with van der Waals surface area (Å²) in [5.41, 5.74) is 5.08. The van der Waals surface area contributed by atoms with Gasteiger partial charge in [-0.25, -0.2) is 4.98 Å². The summed E-state index contributed by atoms with van der Waals surface area (Å²) in [7, 11) is 0. The highest BCUT2D eigenvalue weighted by molar-refractivity contribution is 5.80. The quantitative estimate of drug-likeness (QED) is 0.704. The standard InChI is InChI=1S/C21H22N4O3/c26-12-21-25(17-4-5-18-19(11-17)23-14-22-18)20(13-28-21)15-2-1-3-16(10-15)24-6-8-27-9-7-24/h1-5,10-12,14,20-21H,6-9,13H2,(H,22,23)/t20-,21?/m1/s1. The Kier molecular flexibility index (Phi) is 4.46. The molecule has 7 heteroatoms. The van der Waals surface area contributed by atoms with Crippen LogP contribution in [0.4, 0.5) is 11.4 Å². The Balaban J connectivity index is 1.50. The van der Waals surface area contributed by atoms with E-state index in [-0.39, 0.29) is 6.04 Å². The van der Waals surface area contributed by atoms with Crippen LogP contribution in [0, 0.1) is 0 Å². The van der Waals surface area contributed by atoms with Crippen molar-refractivity contribution < 1.29 is 14.3 Å². The highest BCUT2D eigenvalue weighted by atomic mass is 16.5. The van der Waals surface area contributed by atoms with Crippen molar-refractivity contribution in [3.8, 4) is 0 Å².